The summed E-state index contributed by atoms with van der Waals surface area (Å²) >= 11 is 3.31. The van der Waals surface area contributed by atoms with E-state index in [4.69, 9.17) is 4.74 Å². The minimum absolute atomic E-state index is 0.108. The largest absolute Gasteiger partial charge is 0.491 e. The van der Waals surface area contributed by atoms with Crippen molar-refractivity contribution in [3.8, 4) is 5.75 Å². The molecule has 1 aromatic heterocycles. The summed E-state index contributed by atoms with van der Waals surface area (Å²) in [7, 11) is 0. The molecule has 2 N–H and O–H groups in total. The predicted octanol–water partition coefficient (Wildman–Crippen LogP) is 3.90. The maximum Gasteiger partial charge on any atom is 0.269 e. The van der Waals surface area contributed by atoms with Crippen LogP contribution in [0.15, 0.2) is 34.9 Å². The van der Waals surface area contributed by atoms with Crippen LogP contribution in [0.2, 0.25) is 0 Å². The van der Waals surface area contributed by atoms with E-state index in [1.165, 1.54) is 17.5 Å². The zero-order chi connectivity index (χ0) is 24.1. The highest BCUT2D eigenvalue weighted by atomic mass is 79.9. The molecule has 34 heavy (non-hydrogen) atoms. The molecule has 2 saturated heterocycles. The maximum atomic E-state index is 12.4. The number of aromatic nitrogens is 1. The zero-order valence-electron chi connectivity index (χ0n) is 19.9. The number of carbonyl (C=O) groups is 2. The third-order valence-electron chi connectivity index (χ3n) is 6.96. The molecule has 0 radical (unpaired) electrons. The monoisotopic (exact) mass is 528 g/mol. The SMILES string of the molecule is Cc1c(CN2CCCC2CCNC(=O)c2cccc(Br)n2)ccc(OC[C@H]2CCC(=O)N2)c1C. The second kappa shape index (κ2) is 11.3. The molecule has 2 aliphatic rings. The Morgan fingerprint density at radius 3 is 2.85 bits per heavy atom. The topological polar surface area (TPSA) is 83.6 Å². The molecule has 0 aliphatic carbocycles. The molecule has 0 saturated carbocycles. The molecule has 0 spiro atoms. The molecule has 2 aromatic rings. The van der Waals surface area contributed by atoms with Gasteiger partial charge in [-0.15, -0.1) is 0 Å². The van der Waals surface area contributed by atoms with Gasteiger partial charge in [0.1, 0.15) is 22.7 Å². The van der Waals surface area contributed by atoms with Gasteiger partial charge in [-0.25, -0.2) is 4.98 Å². The normalized spacial score (nSPS) is 20.4. The number of nitrogens with zero attached hydrogens (tertiary/aromatic N) is 2. The molecule has 2 amide bonds. The number of hydrogen-bond donors (Lipinski definition) is 2. The number of rotatable bonds is 9. The van der Waals surface area contributed by atoms with Crippen LogP contribution in [0.5, 0.6) is 5.75 Å². The van der Waals surface area contributed by atoms with Crippen LogP contribution in [0.1, 0.15) is 59.3 Å². The van der Waals surface area contributed by atoms with E-state index in [9.17, 15) is 9.59 Å². The summed E-state index contributed by atoms with van der Waals surface area (Å²) in [6, 6.07) is 10.1. The molecule has 4 rings (SSSR count). The first-order valence-electron chi connectivity index (χ1n) is 12.1. The number of hydrogen-bond acceptors (Lipinski definition) is 5. The van der Waals surface area contributed by atoms with Gasteiger partial charge in [-0.3, -0.25) is 14.5 Å². The van der Waals surface area contributed by atoms with Gasteiger partial charge in [0.05, 0.1) is 6.04 Å². The highest BCUT2D eigenvalue weighted by Crippen LogP contribution is 2.28. The number of nitrogens with one attached hydrogen (secondary N) is 2. The molecule has 182 valence electrons. The van der Waals surface area contributed by atoms with E-state index < -0.39 is 0 Å². The molecule has 2 atom stereocenters. The second-order valence-electron chi connectivity index (χ2n) is 9.24. The Balaban J connectivity index is 1.29. The minimum Gasteiger partial charge on any atom is -0.491 e. The lowest BCUT2D eigenvalue weighted by Crippen LogP contribution is -2.34. The number of ether oxygens (including phenoxy) is 1. The fourth-order valence-electron chi connectivity index (χ4n) is 4.80. The van der Waals surface area contributed by atoms with Crippen molar-refractivity contribution in [1.82, 2.24) is 20.5 Å². The summed E-state index contributed by atoms with van der Waals surface area (Å²) in [6.45, 7) is 7.39. The lowest BCUT2D eigenvalue weighted by molar-refractivity contribution is -0.119. The first-order chi connectivity index (χ1) is 16.4. The number of amides is 2. The molecule has 2 aliphatic heterocycles. The second-order valence-corrected chi connectivity index (χ2v) is 10.1. The zero-order valence-corrected chi connectivity index (χ0v) is 21.5. The fourth-order valence-corrected chi connectivity index (χ4v) is 5.14. The van der Waals surface area contributed by atoms with Crippen molar-refractivity contribution in [3.63, 3.8) is 0 Å². The highest BCUT2D eigenvalue weighted by molar-refractivity contribution is 9.10. The number of halogens is 1. The number of likely N-dealkylation sites (tertiary alicyclic amines) is 1. The molecular weight excluding hydrogens is 496 g/mol. The summed E-state index contributed by atoms with van der Waals surface area (Å²) in [5.41, 5.74) is 4.16. The maximum absolute atomic E-state index is 12.4. The summed E-state index contributed by atoms with van der Waals surface area (Å²) in [5, 5.41) is 5.97. The van der Waals surface area contributed by atoms with Crippen molar-refractivity contribution in [2.24, 2.45) is 0 Å². The van der Waals surface area contributed by atoms with E-state index in [0.29, 0.717) is 35.9 Å². The van der Waals surface area contributed by atoms with E-state index in [2.05, 4.69) is 62.4 Å². The van der Waals surface area contributed by atoms with Gasteiger partial charge in [0.25, 0.3) is 5.91 Å². The van der Waals surface area contributed by atoms with Gasteiger partial charge in [-0.1, -0.05) is 12.1 Å². The smallest absolute Gasteiger partial charge is 0.269 e. The Kier molecular flexibility index (Phi) is 8.21. The van der Waals surface area contributed by atoms with E-state index in [0.717, 1.165) is 43.7 Å². The van der Waals surface area contributed by atoms with Crippen LogP contribution >= 0.6 is 15.9 Å². The van der Waals surface area contributed by atoms with Gasteiger partial charge < -0.3 is 15.4 Å². The van der Waals surface area contributed by atoms with Crippen LogP contribution in [-0.2, 0) is 11.3 Å². The van der Waals surface area contributed by atoms with Crippen molar-refractivity contribution in [2.45, 2.75) is 64.6 Å². The van der Waals surface area contributed by atoms with Crippen LogP contribution in [0.25, 0.3) is 0 Å². The van der Waals surface area contributed by atoms with Crippen molar-refractivity contribution in [1.29, 1.82) is 0 Å². The molecule has 7 nitrogen and oxygen atoms in total. The van der Waals surface area contributed by atoms with Crippen molar-refractivity contribution in [3.05, 3.63) is 57.3 Å². The lowest BCUT2D eigenvalue weighted by Gasteiger charge is -2.26. The number of pyridine rings is 1. The van der Waals surface area contributed by atoms with Gasteiger partial charge >= 0.3 is 0 Å². The highest BCUT2D eigenvalue weighted by Gasteiger charge is 2.26. The molecule has 1 unspecified atom stereocenters. The Morgan fingerprint density at radius 1 is 1.24 bits per heavy atom. The van der Waals surface area contributed by atoms with Crippen molar-refractivity contribution in [2.75, 3.05) is 19.7 Å². The van der Waals surface area contributed by atoms with Crippen LogP contribution < -0.4 is 15.4 Å². The molecule has 8 heteroatoms. The summed E-state index contributed by atoms with van der Waals surface area (Å²) in [5.74, 6) is 0.871. The molecule has 2 fully saturated rings. The fraction of sp³-hybridized carbons (Fsp3) is 0.500. The first kappa shape index (κ1) is 24.7. The molecule has 0 bridgehead atoms. The van der Waals surface area contributed by atoms with Gasteiger partial charge in [0, 0.05) is 25.6 Å². The number of benzene rings is 1. The van der Waals surface area contributed by atoms with Crippen LogP contribution in [0.3, 0.4) is 0 Å². The first-order valence-corrected chi connectivity index (χ1v) is 12.9. The average molecular weight is 529 g/mol. The summed E-state index contributed by atoms with van der Waals surface area (Å²) in [6.07, 6.45) is 4.68. The Morgan fingerprint density at radius 2 is 2.09 bits per heavy atom. The lowest BCUT2D eigenvalue weighted by atomic mass is 10.0. The van der Waals surface area contributed by atoms with Crippen LogP contribution in [-0.4, -0.2) is 53.5 Å². The van der Waals surface area contributed by atoms with Gasteiger partial charge in [0.2, 0.25) is 5.91 Å². The van der Waals surface area contributed by atoms with E-state index in [1.54, 1.807) is 6.07 Å². The van der Waals surface area contributed by atoms with E-state index >= 15 is 0 Å². The quantitative estimate of drug-likeness (QED) is 0.482. The van der Waals surface area contributed by atoms with Gasteiger partial charge in [-0.05, 0) is 96.9 Å². The van der Waals surface area contributed by atoms with E-state index in [-0.39, 0.29) is 17.9 Å². The number of carbonyl (C=O) groups excluding carboxylic acids is 2. The third kappa shape index (κ3) is 6.16. The van der Waals surface area contributed by atoms with Crippen LogP contribution in [0, 0.1) is 13.8 Å². The van der Waals surface area contributed by atoms with Crippen molar-refractivity contribution < 1.29 is 14.3 Å². The Labute approximate surface area is 209 Å². The standard InChI is InChI=1S/C26H33BrN4O3/c1-17-18(2)23(34-16-20-9-11-25(32)29-20)10-8-19(17)15-31-14-4-5-21(31)12-13-28-26(33)22-6-3-7-24(27)30-22/h3,6-8,10,20-21H,4-5,9,11-16H2,1-2H3,(H,28,33)(H,29,32)/t20-,21?/m1/s1. The third-order valence-corrected chi connectivity index (χ3v) is 7.40. The summed E-state index contributed by atoms with van der Waals surface area (Å²) in [4.78, 5) is 30.5. The van der Waals surface area contributed by atoms with Gasteiger partial charge in [0.15, 0.2) is 0 Å². The molecule has 1 aromatic carbocycles. The Bertz CT molecular complexity index is 1040. The molecule has 3 heterocycles. The summed E-state index contributed by atoms with van der Waals surface area (Å²) < 4.78 is 6.70. The average Bonchev–Trinajstić information content (AvgIpc) is 3.44. The minimum atomic E-state index is -0.134. The Hall–Kier alpha value is -2.45. The van der Waals surface area contributed by atoms with E-state index in [1.807, 2.05) is 12.1 Å². The molecular formula is C26H33BrN4O3. The van der Waals surface area contributed by atoms with Crippen molar-refractivity contribution >= 4 is 27.7 Å². The van der Waals surface area contributed by atoms with Crippen LogP contribution in [0.4, 0.5) is 0 Å². The predicted molar refractivity (Wildman–Crippen MR) is 135 cm³/mol. The van der Waals surface area contributed by atoms with Gasteiger partial charge in [-0.2, -0.15) is 0 Å².